The molecule has 1 aromatic heterocycles. The highest BCUT2D eigenvalue weighted by Gasteiger charge is 2.29. The second-order valence-electron chi connectivity index (χ2n) is 8.05. The second kappa shape index (κ2) is 6.26. The number of nitrogens with zero attached hydrogens (tertiary/aromatic N) is 1. The van der Waals surface area contributed by atoms with Gasteiger partial charge in [0.25, 0.3) is 0 Å². The minimum atomic E-state index is -0.288. The van der Waals surface area contributed by atoms with Crippen LogP contribution in [0.2, 0.25) is 0 Å². The van der Waals surface area contributed by atoms with Crippen LogP contribution in [0.15, 0.2) is 38.6 Å². The highest BCUT2D eigenvalue weighted by molar-refractivity contribution is 6.09. The molecular weight excluding hydrogens is 384 g/mol. The number of rotatable bonds is 2. The van der Waals surface area contributed by atoms with E-state index < -0.39 is 0 Å². The van der Waals surface area contributed by atoms with Gasteiger partial charge in [-0.25, -0.2) is 4.79 Å². The van der Waals surface area contributed by atoms with Gasteiger partial charge in [0.15, 0.2) is 11.5 Å². The molecule has 1 aliphatic carbocycles. The Labute approximate surface area is 171 Å². The van der Waals surface area contributed by atoms with Crippen molar-refractivity contribution >= 4 is 16.7 Å². The van der Waals surface area contributed by atoms with E-state index in [1.807, 2.05) is 31.2 Å². The van der Waals surface area contributed by atoms with E-state index in [2.05, 4.69) is 10.5 Å². The highest BCUT2D eigenvalue weighted by Crippen LogP contribution is 2.40. The number of hydrazone groups is 1. The summed E-state index contributed by atoms with van der Waals surface area (Å²) < 4.78 is 16.4. The summed E-state index contributed by atoms with van der Waals surface area (Å²) in [7, 11) is 0. The number of fused-ring (bicyclic) bond motifs is 4. The Morgan fingerprint density at radius 3 is 2.87 bits per heavy atom. The van der Waals surface area contributed by atoms with Crippen molar-refractivity contribution in [2.45, 2.75) is 38.6 Å². The zero-order valence-corrected chi connectivity index (χ0v) is 16.4. The minimum Gasteiger partial charge on any atom is -0.506 e. The van der Waals surface area contributed by atoms with Gasteiger partial charge in [-0.1, -0.05) is 6.07 Å². The average molecular weight is 404 g/mol. The maximum absolute atomic E-state index is 12.3. The summed E-state index contributed by atoms with van der Waals surface area (Å²) in [4.78, 5) is 12.3. The standard InChI is InChI=1S/C23H20N2O5/c1-11-7-19-21(13-3-2-4-14(13)23(27)30-19)22(26)20(11)16-9-15(24-25-16)12-5-6-17-18(8-12)29-10-28-17/h5-8,15,24,26H,2-4,9-10H2,1H3/t15-/m1/s1. The molecule has 3 aromatic rings. The molecule has 2 N–H and O–H groups in total. The van der Waals surface area contributed by atoms with Gasteiger partial charge in [0.05, 0.1) is 17.1 Å². The van der Waals surface area contributed by atoms with Gasteiger partial charge in [0.1, 0.15) is 11.3 Å². The van der Waals surface area contributed by atoms with Crippen molar-refractivity contribution < 1.29 is 19.0 Å². The molecule has 7 heteroatoms. The van der Waals surface area contributed by atoms with Crippen LogP contribution in [0.25, 0.3) is 11.0 Å². The zero-order chi connectivity index (χ0) is 20.4. The fourth-order valence-electron chi connectivity index (χ4n) is 4.83. The van der Waals surface area contributed by atoms with Gasteiger partial charge in [-0.05, 0) is 61.1 Å². The molecule has 2 aromatic carbocycles. The quantitative estimate of drug-likeness (QED) is 0.636. The largest absolute Gasteiger partial charge is 0.506 e. The van der Waals surface area contributed by atoms with Gasteiger partial charge < -0.3 is 24.4 Å². The third-order valence-electron chi connectivity index (χ3n) is 6.27. The monoisotopic (exact) mass is 404 g/mol. The summed E-state index contributed by atoms with van der Waals surface area (Å²) in [5, 5.41) is 16.4. The number of phenolic OH excluding ortho intramolecular Hbond substituents is 1. The summed E-state index contributed by atoms with van der Waals surface area (Å²) in [6, 6.07) is 7.68. The number of aryl methyl sites for hydroxylation is 2. The van der Waals surface area contributed by atoms with Crippen LogP contribution in [-0.4, -0.2) is 17.6 Å². The Morgan fingerprint density at radius 1 is 1.13 bits per heavy atom. The molecule has 7 nitrogen and oxygen atoms in total. The zero-order valence-electron chi connectivity index (χ0n) is 16.4. The molecular formula is C23H20N2O5. The Hall–Kier alpha value is -3.48. The van der Waals surface area contributed by atoms with E-state index in [0.29, 0.717) is 34.9 Å². The first-order chi connectivity index (χ1) is 14.6. The van der Waals surface area contributed by atoms with Crippen LogP contribution < -0.4 is 20.5 Å². The maximum atomic E-state index is 12.3. The van der Waals surface area contributed by atoms with E-state index in [-0.39, 0.29) is 24.2 Å². The lowest BCUT2D eigenvalue weighted by Crippen LogP contribution is -2.10. The number of phenols is 1. The summed E-state index contributed by atoms with van der Waals surface area (Å²) >= 11 is 0. The number of nitrogens with one attached hydrogen (secondary N) is 1. The van der Waals surface area contributed by atoms with Crippen molar-refractivity contribution in [3.8, 4) is 17.2 Å². The van der Waals surface area contributed by atoms with E-state index in [4.69, 9.17) is 13.9 Å². The smallest absolute Gasteiger partial charge is 0.339 e. The third-order valence-corrected chi connectivity index (χ3v) is 6.27. The molecule has 6 rings (SSSR count). The van der Waals surface area contributed by atoms with Crippen molar-refractivity contribution in [1.82, 2.24) is 5.43 Å². The van der Waals surface area contributed by atoms with Gasteiger partial charge in [-0.3, -0.25) is 0 Å². The van der Waals surface area contributed by atoms with Crippen molar-refractivity contribution in [2.75, 3.05) is 6.79 Å². The van der Waals surface area contributed by atoms with Gasteiger partial charge in [-0.15, -0.1) is 0 Å². The van der Waals surface area contributed by atoms with Gasteiger partial charge in [-0.2, -0.15) is 5.10 Å². The Bertz CT molecular complexity index is 1310. The van der Waals surface area contributed by atoms with Crippen LogP contribution in [0, 0.1) is 6.92 Å². The van der Waals surface area contributed by atoms with Crippen LogP contribution in [0.1, 0.15) is 46.7 Å². The molecule has 2 aliphatic heterocycles. The minimum absolute atomic E-state index is 0.0246. The van der Waals surface area contributed by atoms with Crippen LogP contribution in [0.5, 0.6) is 17.2 Å². The predicted molar refractivity (Wildman–Crippen MR) is 111 cm³/mol. The first-order valence-corrected chi connectivity index (χ1v) is 10.1. The van der Waals surface area contributed by atoms with Crippen LogP contribution in [0.3, 0.4) is 0 Å². The average Bonchev–Trinajstić information content (AvgIpc) is 3.47. The van der Waals surface area contributed by atoms with Gasteiger partial charge in [0.2, 0.25) is 6.79 Å². The summed E-state index contributed by atoms with van der Waals surface area (Å²) in [6.07, 6.45) is 3.00. The number of benzene rings is 2. The van der Waals surface area contributed by atoms with Crippen molar-refractivity contribution in [3.63, 3.8) is 0 Å². The van der Waals surface area contributed by atoms with E-state index in [1.165, 1.54) is 0 Å². The number of hydrogen-bond acceptors (Lipinski definition) is 7. The molecule has 0 amide bonds. The molecule has 3 aliphatic rings. The molecule has 0 unspecified atom stereocenters. The number of aromatic hydroxyl groups is 1. The molecule has 1 atom stereocenters. The van der Waals surface area contributed by atoms with Gasteiger partial charge in [0, 0.05) is 17.5 Å². The fourth-order valence-corrected chi connectivity index (χ4v) is 4.83. The molecule has 30 heavy (non-hydrogen) atoms. The van der Waals surface area contributed by atoms with Crippen molar-refractivity contribution in [1.29, 1.82) is 0 Å². The number of hydrogen-bond donors (Lipinski definition) is 2. The van der Waals surface area contributed by atoms with Crippen molar-refractivity contribution in [3.05, 3.63) is 62.5 Å². The SMILES string of the molecule is Cc1cc2oc(=O)c3c(c2c(O)c1C1=NN[C@@H](c2ccc4c(c2)OCO4)C1)CCC3. The fraction of sp³-hybridized carbons (Fsp3) is 0.304. The predicted octanol–water partition coefficient (Wildman–Crippen LogP) is 3.46. The summed E-state index contributed by atoms with van der Waals surface area (Å²) in [6.45, 7) is 2.14. The van der Waals surface area contributed by atoms with E-state index >= 15 is 0 Å². The summed E-state index contributed by atoms with van der Waals surface area (Å²) in [5.41, 5.74) is 8.31. The lowest BCUT2D eigenvalue weighted by molar-refractivity contribution is 0.174. The maximum Gasteiger partial charge on any atom is 0.339 e. The van der Waals surface area contributed by atoms with E-state index in [1.54, 1.807) is 0 Å². The molecule has 3 heterocycles. The van der Waals surface area contributed by atoms with Crippen LogP contribution in [0.4, 0.5) is 0 Å². The lowest BCUT2D eigenvalue weighted by atomic mass is 9.92. The van der Waals surface area contributed by atoms with E-state index in [9.17, 15) is 9.90 Å². The molecule has 152 valence electrons. The summed E-state index contributed by atoms with van der Waals surface area (Å²) in [5.74, 6) is 1.63. The van der Waals surface area contributed by atoms with Crippen LogP contribution in [-0.2, 0) is 12.8 Å². The van der Waals surface area contributed by atoms with E-state index in [0.717, 1.165) is 46.7 Å². The van der Waals surface area contributed by atoms with Crippen molar-refractivity contribution in [2.24, 2.45) is 5.10 Å². The lowest BCUT2D eigenvalue weighted by Gasteiger charge is -2.14. The number of ether oxygens (including phenoxy) is 2. The molecule has 0 bridgehead atoms. The first-order valence-electron chi connectivity index (χ1n) is 10.1. The van der Waals surface area contributed by atoms with Crippen LogP contribution >= 0.6 is 0 Å². The molecule has 0 spiro atoms. The molecule has 0 saturated carbocycles. The molecule has 0 radical (unpaired) electrons. The highest BCUT2D eigenvalue weighted by atomic mass is 16.7. The molecule has 0 saturated heterocycles. The Morgan fingerprint density at radius 2 is 1.97 bits per heavy atom. The first kappa shape index (κ1) is 17.4. The Balaban J connectivity index is 1.40. The molecule has 0 fully saturated rings. The Kier molecular flexibility index (Phi) is 3.63. The topological polar surface area (TPSA) is 93.3 Å². The second-order valence-corrected chi connectivity index (χ2v) is 8.05. The normalized spacial score (nSPS) is 19.1. The van der Waals surface area contributed by atoms with Gasteiger partial charge >= 0.3 is 5.63 Å². The third kappa shape index (κ3) is 2.44.